The lowest BCUT2D eigenvalue weighted by molar-refractivity contribution is 0.0125. The Kier molecular flexibility index (Phi) is 4.37. The fourth-order valence-electron chi connectivity index (χ4n) is 4.97. The van der Waals surface area contributed by atoms with Crippen molar-refractivity contribution >= 4 is 0 Å². The van der Waals surface area contributed by atoms with Crippen molar-refractivity contribution in [3.63, 3.8) is 0 Å². The molecule has 4 atom stereocenters. The number of piperidine rings is 1. The normalized spacial score (nSPS) is 41.7. The summed E-state index contributed by atoms with van der Waals surface area (Å²) in [6.45, 7) is 10.7. The fraction of sp³-hybridized carbons (Fsp3) is 1.00. The smallest absolute Gasteiger partial charge is 0.0382 e. The molecule has 3 rings (SSSR count). The second kappa shape index (κ2) is 5.91. The second-order valence-electron chi connectivity index (χ2n) is 7.15. The Balaban J connectivity index is 1.69. The molecule has 2 bridgehead atoms. The maximum absolute atomic E-state index is 6.29. The molecule has 4 heteroatoms. The minimum atomic E-state index is 0.273. The van der Waals surface area contributed by atoms with Crippen LogP contribution in [0.15, 0.2) is 0 Å². The summed E-state index contributed by atoms with van der Waals surface area (Å²) in [5.74, 6) is 0.794. The zero-order chi connectivity index (χ0) is 14.2. The monoisotopic (exact) mass is 280 g/mol. The van der Waals surface area contributed by atoms with Gasteiger partial charge >= 0.3 is 0 Å². The molecular formula is C16H32N4. The van der Waals surface area contributed by atoms with Crippen LogP contribution in [0.4, 0.5) is 0 Å². The van der Waals surface area contributed by atoms with Crippen LogP contribution in [0.1, 0.15) is 32.6 Å². The number of nitrogens with zero attached hydrogens (tertiary/aromatic N) is 3. The van der Waals surface area contributed by atoms with Crippen LogP contribution in [0.25, 0.3) is 0 Å². The third-order valence-corrected chi connectivity index (χ3v) is 6.40. The Morgan fingerprint density at radius 3 is 2.85 bits per heavy atom. The minimum absolute atomic E-state index is 0.273. The van der Waals surface area contributed by atoms with Crippen molar-refractivity contribution < 1.29 is 0 Å². The molecule has 20 heavy (non-hydrogen) atoms. The average Bonchev–Trinajstić information content (AvgIpc) is 3.07. The number of hydrogen-bond acceptors (Lipinski definition) is 4. The highest BCUT2D eigenvalue weighted by atomic mass is 15.3. The van der Waals surface area contributed by atoms with Gasteiger partial charge in [0.05, 0.1) is 0 Å². The Labute approximate surface area is 124 Å². The molecule has 3 heterocycles. The van der Waals surface area contributed by atoms with E-state index >= 15 is 0 Å². The van der Waals surface area contributed by atoms with Crippen molar-refractivity contribution in [2.24, 2.45) is 11.7 Å². The van der Waals surface area contributed by atoms with Crippen LogP contribution in [0.3, 0.4) is 0 Å². The van der Waals surface area contributed by atoms with E-state index < -0.39 is 0 Å². The molecule has 0 aliphatic carbocycles. The molecule has 0 aromatic heterocycles. The van der Waals surface area contributed by atoms with Gasteiger partial charge in [0, 0.05) is 31.2 Å². The summed E-state index contributed by atoms with van der Waals surface area (Å²) in [5, 5.41) is 0. The number of rotatable bonds is 5. The van der Waals surface area contributed by atoms with E-state index in [4.69, 9.17) is 5.73 Å². The summed E-state index contributed by atoms with van der Waals surface area (Å²) >= 11 is 0. The zero-order valence-corrected chi connectivity index (χ0v) is 13.4. The molecule has 2 N–H and O–H groups in total. The first-order valence-electron chi connectivity index (χ1n) is 8.57. The van der Waals surface area contributed by atoms with Crippen LogP contribution in [0, 0.1) is 5.92 Å². The van der Waals surface area contributed by atoms with Crippen LogP contribution in [0.2, 0.25) is 0 Å². The molecule has 0 saturated carbocycles. The molecule has 0 radical (unpaired) electrons. The van der Waals surface area contributed by atoms with E-state index in [1.165, 1.54) is 65.0 Å². The lowest BCUT2D eigenvalue weighted by atomic mass is 9.77. The molecule has 3 saturated heterocycles. The first-order chi connectivity index (χ1) is 9.69. The van der Waals surface area contributed by atoms with Crippen molar-refractivity contribution in [3.05, 3.63) is 0 Å². The lowest BCUT2D eigenvalue weighted by Gasteiger charge is -2.49. The first-order valence-corrected chi connectivity index (χ1v) is 8.57. The van der Waals surface area contributed by atoms with E-state index in [0.717, 1.165) is 18.5 Å². The maximum Gasteiger partial charge on any atom is 0.0382 e. The predicted octanol–water partition coefficient (Wildman–Crippen LogP) is 0.826. The average molecular weight is 280 g/mol. The Hall–Kier alpha value is -0.160. The molecule has 0 spiro atoms. The van der Waals surface area contributed by atoms with Crippen LogP contribution >= 0.6 is 0 Å². The van der Waals surface area contributed by atoms with Crippen LogP contribution < -0.4 is 5.73 Å². The minimum Gasteiger partial charge on any atom is -0.329 e. The third kappa shape index (κ3) is 2.41. The van der Waals surface area contributed by atoms with Crippen molar-refractivity contribution in [1.82, 2.24) is 14.7 Å². The van der Waals surface area contributed by atoms with Crippen molar-refractivity contribution in [2.45, 2.75) is 44.2 Å². The third-order valence-electron chi connectivity index (χ3n) is 6.40. The Morgan fingerprint density at radius 1 is 1.25 bits per heavy atom. The molecule has 0 amide bonds. The van der Waals surface area contributed by atoms with Gasteiger partial charge in [-0.2, -0.15) is 0 Å². The summed E-state index contributed by atoms with van der Waals surface area (Å²) in [6, 6.07) is 0.757. The van der Waals surface area contributed by atoms with Gasteiger partial charge in [0.1, 0.15) is 0 Å². The topological polar surface area (TPSA) is 35.7 Å². The highest BCUT2D eigenvalue weighted by Crippen LogP contribution is 2.39. The van der Waals surface area contributed by atoms with Crippen LogP contribution in [0.5, 0.6) is 0 Å². The molecule has 0 aromatic carbocycles. The van der Waals surface area contributed by atoms with Gasteiger partial charge in [-0.3, -0.25) is 9.80 Å². The summed E-state index contributed by atoms with van der Waals surface area (Å²) < 4.78 is 0. The van der Waals surface area contributed by atoms with Gasteiger partial charge in [-0.15, -0.1) is 0 Å². The highest BCUT2D eigenvalue weighted by molar-refractivity contribution is 5.05. The van der Waals surface area contributed by atoms with Gasteiger partial charge < -0.3 is 10.6 Å². The summed E-state index contributed by atoms with van der Waals surface area (Å²) in [5.41, 5.74) is 6.56. The Morgan fingerprint density at radius 2 is 2.10 bits per heavy atom. The van der Waals surface area contributed by atoms with Crippen molar-refractivity contribution in [1.29, 1.82) is 0 Å². The van der Waals surface area contributed by atoms with E-state index in [0.29, 0.717) is 0 Å². The molecule has 116 valence electrons. The van der Waals surface area contributed by atoms with Gasteiger partial charge in [-0.05, 0) is 64.8 Å². The summed E-state index contributed by atoms with van der Waals surface area (Å²) in [7, 11) is 2.34. The first kappa shape index (κ1) is 14.8. The van der Waals surface area contributed by atoms with Crippen molar-refractivity contribution in [2.75, 3.05) is 52.9 Å². The zero-order valence-electron chi connectivity index (χ0n) is 13.4. The molecule has 0 aromatic rings. The van der Waals surface area contributed by atoms with Crippen LogP contribution in [-0.4, -0.2) is 79.1 Å². The van der Waals surface area contributed by atoms with Crippen molar-refractivity contribution in [3.8, 4) is 0 Å². The van der Waals surface area contributed by atoms with Crippen LogP contribution in [-0.2, 0) is 0 Å². The quantitative estimate of drug-likeness (QED) is 0.809. The molecule has 3 aliphatic rings. The van der Waals surface area contributed by atoms with Gasteiger partial charge in [-0.25, -0.2) is 0 Å². The Bertz CT molecular complexity index is 334. The summed E-state index contributed by atoms with van der Waals surface area (Å²) in [6.07, 6.45) is 5.36. The standard InChI is InChI=1S/C16H32N4/c1-3-20-8-4-5-15(20)12-18(2)16(13-17)7-10-19-9-6-14(16)11-19/h14-15H,3-13,17H2,1-2H3. The molecular weight excluding hydrogens is 248 g/mol. The highest BCUT2D eigenvalue weighted by Gasteiger charge is 2.48. The number of likely N-dealkylation sites (N-methyl/N-ethyl adjacent to an activating group) is 2. The van der Waals surface area contributed by atoms with E-state index in [2.05, 4.69) is 28.7 Å². The van der Waals surface area contributed by atoms with E-state index in [1.807, 2.05) is 0 Å². The summed E-state index contributed by atoms with van der Waals surface area (Å²) in [4.78, 5) is 7.93. The predicted molar refractivity (Wildman–Crippen MR) is 83.8 cm³/mol. The van der Waals surface area contributed by atoms with Gasteiger partial charge in [0.25, 0.3) is 0 Å². The number of nitrogens with two attached hydrogens (primary N) is 1. The van der Waals surface area contributed by atoms with Gasteiger partial charge in [0.2, 0.25) is 0 Å². The fourth-order valence-corrected chi connectivity index (χ4v) is 4.97. The molecule has 4 nitrogen and oxygen atoms in total. The number of likely N-dealkylation sites (tertiary alicyclic amines) is 1. The SMILES string of the molecule is CCN1CCCC1CN(C)C1(CN)CCN2CCC1C2. The van der Waals surface area contributed by atoms with E-state index in [9.17, 15) is 0 Å². The number of hydrogen-bond donors (Lipinski definition) is 1. The molecule has 4 unspecified atom stereocenters. The van der Waals surface area contributed by atoms with Gasteiger partial charge in [-0.1, -0.05) is 6.92 Å². The maximum atomic E-state index is 6.29. The second-order valence-corrected chi connectivity index (χ2v) is 7.15. The largest absolute Gasteiger partial charge is 0.329 e. The lowest BCUT2D eigenvalue weighted by Crippen LogP contribution is -2.62. The molecule has 3 aliphatic heterocycles. The molecule has 3 fully saturated rings. The number of fused-ring (bicyclic) bond motifs is 2. The van der Waals surface area contributed by atoms with E-state index in [-0.39, 0.29) is 5.54 Å². The van der Waals surface area contributed by atoms with E-state index in [1.54, 1.807) is 0 Å². The van der Waals surface area contributed by atoms with Gasteiger partial charge in [0.15, 0.2) is 0 Å².